The third-order valence-corrected chi connectivity index (χ3v) is 5.03. The number of unbranched alkanes of at least 4 members (excludes halogenated alkanes) is 13. The zero-order valence-electron chi connectivity index (χ0n) is 17.5. The van der Waals surface area contributed by atoms with Crippen LogP contribution in [0.25, 0.3) is 0 Å². The lowest BCUT2D eigenvalue weighted by Gasteiger charge is -2.15. The molecule has 0 aromatic rings. The molecule has 0 aromatic heterocycles. The smallest absolute Gasteiger partial charge is 0.239 e. The van der Waals surface area contributed by atoms with Crippen molar-refractivity contribution < 1.29 is 9.59 Å². The third kappa shape index (κ3) is 16.4. The van der Waals surface area contributed by atoms with E-state index in [1.807, 2.05) is 0 Å². The number of amides is 2. The van der Waals surface area contributed by atoms with Crippen LogP contribution in [0.2, 0.25) is 0 Å². The van der Waals surface area contributed by atoms with Gasteiger partial charge in [0.25, 0.3) is 0 Å². The van der Waals surface area contributed by atoms with Gasteiger partial charge in [-0.15, -0.1) is 0 Å². The summed E-state index contributed by atoms with van der Waals surface area (Å²) >= 11 is 0. The Bertz CT molecular complexity index is 345. The van der Waals surface area contributed by atoms with E-state index in [9.17, 15) is 9.59 Å². The largest absolute Gasteiger partial charge is 0.368 e. The van der Waals surface area contributed by atoms with Gasteiger partial charge in [0.05, 0.1) is 0 Å². The number of primary amides is 1. The summed E-state index contributed by atoms with van der Waals surface area (Å²) in [5.74, 6) is -0.446. The number of carbonyl (C=O) groups is 2. The summed E-state index contributed by atoms with van der Waals surface area (Å²) < 4.78 is 0. The topological polar surface area (TPSA) is 72.2 Å². The Morgan fingerprint density at radius 2 is 1.12 bits per heavy atom. The second-order valence-electron chi connectivity index (χ2n) is 7.66. The average molecular weight is 369 g/mol. The van der Waals surface area contributed by atoms with Crippen LogP contribution < -0.4 is 11.1 Å². The number of carbonyl (C=O) groups excluding carboxylic acids is 2. The summed E-state index contributed by atoms with van der Waals surface area (Å²) in [5, 5.41) is 2.80. The molecule has 4 heteroatoms. The van der Waals surface area contributed by atoms with Crippen molar-refractivity contribution in [3.8, 4) is 0 Å². The van der Waals surface area contributed by atoms with Gasteiger partial charge in [-0.3, -0.25) is 9.59 Å². The lowest BCUT2D eigenvalue weighted by Crippen LogP contribution is -2.44. The van der Waals surface area contributed by atoms with Crippen molar-refractivity contribution in [2.24, 2.45) is 5.73 Å². The summed E-state index contributed by atoms with van der Waals surface area (Å²) in [6, 6.07) is -0.493. The van der Waals surface area contributed by atoms with Crippen LogP contribution in [0.15, 0.2) is 0 Å². The summed E-state index contributed by atoms with van der Waals surface area (Å²) in [6.45, 7) is 4.37. The van der Waals surface area contributed by atoms with Gasteiger partial charge in [0.15, 0.2) is 0 Å². The normalized spacial score (nSPS) is 12.1. The molecule has 26 heavy (non-hydrogen) atoms. The first kappa shape index (κ1) is 24.9. The predicted molar refractivity (Wildman–Crippen MR) is 111 cm³/mol. The van der Waals surface area contributed by atoms with Crippen LogP contribution in [0.1, 0.15) is 123 Å². The molecule has 0 saturated heterocycles. The van der Waals surface area contributed by atoms with Crippen LogP contribution in [-0.2, 0) is 9.59 Å². The highest BCUT2D eigenvalue weighted by Crippen LogP contribution is 2.13. The maximum absolute atomic E-state index is 11.8. The molecule has 0 saturated carbocycles. The lowest BCUT2D eigenvalue weighted by atomic mass is 10.0. The van der Waals surface area contributed by atoms with Gasteiger partial charge in [-0.05, 0) is 12.8 Å². The molecule has 0 aromatic carbocycles. The van der Waals surface area contributed by atoms with Crippen molar-refractivity contribution in [2.75, 3.05) is 0 Å². The van der Waals surface area contributed by atoms with E-state index in [4.69, 9.17) is 5.73 Å². The average Bonchev–Trinajstić information content (AvgIpc) is 2.61. The molecule has 2 amide bonds. The van der Waals surface area contributed by atoms with Gasteiger partial charge in [-0.1, -0.05) is 104 Å². The fourth-order valence-electron chi connectivity index (χ4n) is 3.28. The summed E-state index contributed by atoms with van der Waals surface area (Å²) in [4.78, 5) is 23.3. The monoisotopic (exact) mass is 368 g/mol. The van der Waals surface area contributed by atoms with E-state index in [1.54, 1.807) is 0 Å². The number of hydrogen-bond acceptors (Lipinski definition) is 2. The number of hydrogen-bond donors (Lipinski definition) is 2. The Hall–Kier alpha value is -1.06. The van der Waals surface area contributed by atoms with Crippen molar-refractivity contribution in [1.82, 2.24) is 5.32 Å². The fraction of sp³-hybridized carbons (Fsp3) is 0.909. The molecule has 0 bridgehead atoms. The quantitative estimate of drug-likeness (QED) is 0.290. The van der Waals surface area contributed by atoms with Crippen molar-refractivity contribution in [1.29, 1.82) is 0 Å². The van der Waals surface area contributed by atoms with E-state index < -0.39 is 11.9 Å². The molecule has 0 fully saturated rings. The van der Waals surface area contributed by atoms with Gasteiger partial charge in [-0.25, -0.2) is 0 Å². The van der Waals surface area contributed by atoms with Gasteiger partial charge in [0, 0.05) is 6.42 Å². The van der Waals surface area contributed by atoms with Crippen molar-refractivity contribution in [3.05, 3.63) is 0 Å². The second kappa shape index (κ2) is 18.7. The standard InChI is InChI=1S/C22H44N2O2/c1-3-5-7-8-9-10-11-12-13-14-15-17-18-20(22(23)26)24-21(25)19-16-6-4-2/h20H,3-19H2,1-2H3,(H2,23,26)(H,24,25). The van der Waals surface area contributed by atoms with Crippen LogP contribution in [0.3, 0.4) is 0 Å². The second-order valence-corrected chi connectivity index (χ2v) is 7.66. The van der Waals surface area contributed by atoms with Gasteiger partial charge in [-0.2, -0.15) is 0 Å². The van der Waals surface area contributed by atoms with Crippen molar-refractivity contribution in [3.63, 3.8) is 0 Å². The molecule has 0 radical (unpaired) electrons. The summed E-state index contributed by atoms with van der Waals surface area (Å²) in [6.07, 6.45) is 19.7. The zero-order chi connectivity index (χ0) is 19.5. The zero-order valence-corrected chi connectivity index (χ0v) is 17.5. The van der Waals surface area contributed by atoms with Gasteiger partial charge >= 0.3 is 0 Å². The highest BCUT2D eigenvalue weighted by molar-refractivity contribution is 5.86. The summed E-state index contributed by atoms with van der Waals surface area (Å²) in [7, 11) is 0. The van der Waals surface area contributed by atoms with E-state index >= 15 is 0 Å². The predicted octanol–water partition coefficient (Wildman–Crippen LogP) is 5.63. The SMILES string of the molecule is CCCCCCCCCCCCCCC(NC(=O)CCCCC)C(N)=O. The molecular formula is C22H44N2O2. The molecule has 1 atom stereocenters. The molecule has 0 aliphatic rings. The Labute approximate surface area is 162 Å². The minimum absolute atomic E-state index is 0.0406. The van der Waals surface area contributed by atoms with Crippen LogP contribution in [0, 0.1) is 0 Å². The van der Waals surface area contributed by atoms with Gasteiger partial charge in [0.1, 0.15) is 6.04 Å². The Morgan fingerprint density at radius 3 is 1.58 bits per heavy atom. The van der Waals surface area contributed by atoms with Gasteiger partial charge < -0.3 is 11.1 Å². The van der Waals surface area contributed by atoms with E-state index in [0.29, 0.717) is 12.8 Å². The van der Waals surface area contributed by atoms with Crippen LogP contribution in [-0.4, -0.2) is 17.9 Å². The Kier molecular flexibility index (Phi) is 18.0. The first-order valence-corrected chi connectivity index (χ1v) is 11.2. The van der Waals surface area contributed by atoms with E-state index in [0.717, 1.165) is 32.1 Å². The first-order chi connectivity index (χ1) is 12.6. The minimum atomic E-state index is -0.493. The number of rotatable bonds is 19. The van der Waals surface area contributed by atoms with E-state index in [2.05, 4.69) is 19.2 Å². The molecule has 1 unspecified atom stereocenters. The van der Waals surface area contributed by atoms with Crippen LogP contribution >= 0.6 is 0 Å². The first-order valence-electron chi connectivity index (χ1n) is 11.2. The molecule has 0 rings (SSSR count). The fourth-order valence-corrected chi connectivity index (χ4v) is 3.28. The molecule has 0 spiro atoms. The Morgan fingerprint density at radius 1 is 0.692 bits per heavy atom. The Balaban J connectivity index is 3.57. The molecular weight excluding hydrogens is 324 g/mol. The van der Waals surface area contributed by atoms with E-state index in [1.165, 1.54) is 64.2 Å². The lowest BCUT2D eigenvalue weighted by molar-refractivity contribution is -0.127. The molecule has 3 N–H and O–H groups in total. The van der Waals surface area contributed by atoms with Crippen LogP contribution in [0.5, 0.6) is 0 Å². The molecule has 0 aliphatic heterocycles. The van der Waals surface area contributed by atoms with Crippen molar-refractivity contribution >= 4 is 11.8 Å². The molecule has 154 valence electrons. The third-order valence-electron chi connectivity index (χ3n) is 5.03. The minimum Gasteiger partial charge on any atom is -0.368 e. The van der Waals surface area contributed by atoms with Gasteiger partial charge in [0.2, 0.25) is 11.8 Å². The highest BCUT2D eigenvalue weighted by atomic mass is 16.2. The molecule has 0 aliphatic carbocycles. The maximum Gasteiger partial charge on any atom is 0.239 e. The maximum atomic E-state index is 11.8. The van der Waals surface area contributed by atoms with E-state index in [-0.39, 0.29) is 5.91 Å². The highest BCUT2D eigenvalue weighted by Gasteiger charge is 2.17. The number of nitrogens with one attached hydrogen (secondary N) is 1. The number of nitrogens with two attached hydrogens (primary N) is 1. The molecule has 4 nitrogen and oxygen atoms in total. The van der Waals surface area contributed by atoms with Crippen molar-refractivity contribution in [2.45, 2.75) is 129 Å². The molecule has 0 heterocycles. The summed E-state index contributed by atoms with van der Waals surface area (Å²) in [5.41, 5.74) is 5.43. The van der Waals surface area contributed by atoms with Crippen LogP contribution in [0.4, 0.5) is 0 Å².